The zero-order chi connectivity index (χ0) is 23.2. The Morgan fingerprint density at radius 1 is 0.970 bits per heavy atom. The molecule has 33 heavy (non-hydrogen) atoms. The molecule has 2 aromatic heterocycles. The number of carbonyl (C=O) groups excluding carboxylic acids is 1. The minimum absolute atomic E-state index is 0.141. The molecule has 0 saturated carbocycles. The zero-order valence-corrected chi connectivity index (χ0v) is 21.4. The summed E-state index contributed by atoms with van der Waals surface area (Å²) in [5.74, 6) is 0.585. The van der Waals surface area contributed by atoms with E-state index in [4.69, 9.17) is 0 Å². The first-order chi connectivity index (χ1) is 16.0. The number of halogens is 2. The van der Waals surface area contributed by atoms with Crippen LogP contribution in [0.25, 0.3) is 17.1 Å². The van der Waals surface area contributed by atoms with Crippen molar-refractivity contribution < 1.29 is 4.79 Å². The number of benzene rings is 2. The van der Waals surface area contributed by atoms with E-state index in [1.54, 1.807) is 12.4 Å². The number of hydrogen-bond acceptors (Lipinski definition) is 6. The fraction of sp³-hybridized carbons (Fsp3) is 0.0870. The van der Waals surface area contributed by atoms with Gasteiger partial charge in [-0.25, -0.2) is 5.43 Å². The van der Waals surface area contributed by atoms with Gasteiger partial charge in [0.25, 0.3) is 5.91 Å². The standard InChI is InChI=1S/C23H18Br2N6OS/c1-15(16-2-4-18(24)5-3-16)27-28-21(32)14-33-23-30-29-22(17-10-12-26-13-11-17)31(23)20-8-6-19(25)7-9-20/h2-13H,14H2,1H3,(H,28,32)/b27-15-. The van der Waals surface area contributed by atoms with Gasteiger partial charge in [0.05, 0.1) is 11.5 Å². The average molecular weight is 586 g/mol. The molecule has 0 saturated heterocycles. The molecule has 0 unspecified atom stereocenters. The predicted octanol–water partition coefficient (Wildman–Crippen LogP) is 5.49. The molecule has 7 nitrogen and oxygen atoms in total. The smallest absolute Gasteiger partial charge is 0.250 e. The van der Waals surface area contributed by atoms with Gasteiger partial charge in [0.15, 0.2) is 11.0 Å². The number of thioether (sulfide) groups is 1. The van der Waals surface area contributed by atoms with Crippen molar-refractivity contribution in [3.05, 3.63) is 87.6 Å². The topological polar surface area (TPSA) is 85.1 Å². The predicted molar refractivity (Wildman–Crippen MR) is 138 cm³/mol. The van der Waals surface area contributed by atoms with Gasteiger partial charge >= 0.3 is 0 Å². The van der Waals surface area contributed by atoms with Crippen LogP contribution in [0, 0.1) is 0 Å². The fourth-order valence-electron chi connectivity index (χ4n) is 2.94. The summed E-state index contributed by atoms with van der Waals surface area (Å²) < 4.78 is 3.88. The van der Waals surface area contributed by atoms with Crippen LogP contribution in [-0.4, -0.2) is 37.1 Å². The van der Waals surface area contributed by atoms with Crippen LogP contribution < -0.4 is 5.43 Å². The fourth-order valence-corrected chi connectivity index (χ4v) is 4.21. The molecule has 4 rings (SSSR count). The lowest BCUT2D eigenvalue weighted by atomic mass is 10.1. The quantitative estimate of drug-likeness (QED) is 0.176. The van der Waals surface area contributed by atoms with Crippen molar-refractivity contribution >= 4 is 55.2 Å². The van der Waals surface area contributed by atoms with E-state index in [9.17, 15) is 4.79 Å². The van der Waals surface area contributed by atoms with E-state index in [-0.39, 0.29) is 11.7 Å². The number of aromatic nitrogens is 4. The minimum atomic E-state index is -0.229. The van der Waals surface area contributed by atoms with Gasteiger partial charge in [-0.2, -0.15) is 5.10 Å². The van der Waals surface area contributed by atoms with E-state index in [0.717, 1.165) is 31.5 Å². The van der Waals surface area contributed by atoms with Gasteiger partial charge in [0.1, 0.15) is 0 Å². The van der Waals surface area contributed by atoms with E-state index < -0.39 is 0 Å². The van der Waals surface area contributed by atoms with Gasteiger partial charge in [-0.05, 0) is 61.0 Å². The van der Waals surface area contributed by atoms with Crippen LogP contribution in [0.15, 0.2) is 92.3 Å². The van der Waals surface area contributed by atoms with Crippen LogP contribution in [0.2, 0.25) is 0 Å². The molecule has 0 atom stereocenters. The second-order valence-corrected chi connectivity index (χ2v) is 9.66. The first-order valence-corrected chi connectivity index (χ1v) is 12.4. The Kier molecular flexibility index (Phi) is 7.69. The van der Waals surface area contributed by atoms with Crippen LogP contribution >= 0.6 is 43.6 Å². The summed E-state index contributed by atoms with van der Waals surface area (Å²) in [6.45, 7) is 1.85. The third-order valence-electron chi connectivity index (χ3n) is 4.60. The van der Waals surface area contributed by atoms with Gasteiger partial charge in [-0.15, -0.1) is 10.2 Å². The van der Waals surface area contributed by atoms with Crippen molar-refractivity contribution in [2.75, 3.05) is 5.75 Å². The van der Waals surface area contributed by atoms with Crippen LogP contribution in [0.4, 0.5) is 0 Å². The van der Waals surface area contributed by atoms with Crippen LogP contribution in [-0.2, 0) is 4.79 Å². The SMILES string of the molecule is C/C(=N/NC(=O)CSc1nnc(-c2ccncc2)n1-c1ccc(Br)cc1)c1ccc(Br)cc1. The number of hydrogen-bond donors (Lipinski definition) is 1. The molecule has 4 aromatic rings. The van der Waals surface area contributed by atoms with Gasteiger partial charge in [0, 0.05) is 32.6 Å². The first-order valence-electron chi connectivity index (χ1n) is 9.85. The summed E-state index contributed by atoms with van der Waals surface area (Å²) in [5, 5.41) is 13.5. The molecule has 2 heterocycles. The minimum Gasteiger partial charge on any atom is -0.272 e. The second-order valence-electron chi connectivity index (χ2n) is 6.88. The van der Waals surface area contributed by atoms with E-state index in [1.807, 2.05) is 72.2 Å². The third kappa shape index (κ3) is 5.95. The van der Waals surface area contributed by atoms with Crippen LogP contribution in [0.5, 0.6) is 0 Å². The Labute approximate surface area is 212 Å². The molecule has 166 valence electrons. The maximum absolute atomic E-state index is 12.5. The van der Waals surface area contributed by atoms with Gasteiger partial charge in [-0.1, -0.05) is 55.8 Å². The van der Waals surface area contributed by atoms with Crippen LogP contribution in [0.1, 0.15) is 12.5 Å². The highest BCUT2D eigenvalue weighted by Crippen LogP contribution is 2.28. The highest BCUT2D eigenvalue weighted by molar-refractivity contribution is 9.10. The number of hydrazone groups is 1. The summed E-state index contributed by atoms with van der Waals surface area (Å²) >= 11 is 8.17. The number of nitrogens with zero attached hydrogens (tertiary/aromatic N) is 5. The van der Waals surface area contributed by atoms with Gasteiger partial charge in [-0.3, -0.25) is 14.3 Å². The van der Waals surface area contributed by atoms with E-state index >= 15 is 0 Å². The lowest BCUT2D eigenvalue weighted by Gasteiger charge is -2.10. The molecule has 10 heteroatoms. The van der Waals surface area contributed by atoms with Crippen molar-refractivity contribution in [2.24, 2.45) is 5.10 Å². The number of rotatable bonds is 7. The van der Waals surface area contributed by atoms with Crippen molar-refractivity contribution in [3.63, 3.8) is 0 Å². The molecule has 0 fully saturated rings. The molecule has 1 amide bonds. The van der Waals surface area contributed by atoms with Crippen molar-refractivity contribution in [3.8, 4) is 17.1 Å². The van der Waals surface area contributed by atoms with Crippen molar-refractivity contribution in [1.82, 2.24) is 25.2 Å². The molecule has 0 radical (unpaired) electrons. The first kappa shape index (κ1) is 23.3. The molecule has 0 aliphatic heterocycles. The van der Waals surface area contributed by atoms with E-state index in [2.05, 4.69) is 57.6 Å². The number of carbonyl (C=O) groups is 1. The average Bonchev–Trinajstić information content (AvgIpc) is 3.26. The summed E-state index contributed by atoms with van der Waals surface area (Å²) in [5.41, 5.74) is 6.04. The molecule has 0 bridgehead atoms. The van der Waals surface area contributed by atoms with Crippen molar-refractivity contribution in [2.45, 2.75) is 12.1 Å². The summed E-state index contributed by atoms with van der Waals surface area (Å²) in [7, 11) is 0. The Morgan fingerprint density at radius 2 is 1.61 bits per heavy atom. The molecule has 0 spiro atoms. The van der Waals surface area contributed by atoms with Gasteiger partial charge < -0.3 is 0 Å². The lowest BCUT2D eigenvalue weighted by Crippen LogP contribution is -2.21. The maximum Gasteiger partial charge on any atom is 0.250 e. The monoisotopic (exact) mass is 584 g/mol. The molecule has 0 aliphatic rings. The Morgan fingerprint density at radius 3 is 2.27 bits per heavy atom. The normalized spacial score (nSPS) is 11.4. The summed E-state index contributed by atoms with van der Waals surface area (Å²) in [4.78, 5) is 16.5. The Balaban J connectivity index is 1.51. The van der Waals surface area contributed by atoms with Gasteiger partial charge in [0.2, 0.25) is 0 Å². The second kappa shape index (κ2) is 10.9. The maximum atomic E-state index is 12.5. The van der Waals surface area contributed by atoms with Crippen molar-refractivity contribution in [1.29, 1.82) is 0 Å². The van der Waals surface area contributed by atoms with E-state index in [0.29, 0.717) is 11.0 Å². The zero-order valence-electron chi connectivity index (χ0n) is 17.4. The highest BCUT2D eigenvalue weighted by Gasteiger charge is 2.17. The number of amides is 1. The highest BCUT2D eigenvalue weighted by atomic mass is 79.9. The number of pyridine rings is 1. The Hall–Kier alpha value is -2.82. The summed E-state index contributed by atoms with van der Waals surface area (Å²) in [6, 6.07) is 19.3. The van der Waals surface area contributed by atoms with E-state index in [1.165, 1.54) is 11.8 Å². The lowest BCUT2D eigenvalue weighted by molar-refractivity contribution is -0.118. The molecular weight excluding hydrogens is 568 g/mol. The molecule has 0 aliphatic carbocycles. The molecule has 1 N–H and O–H groups in total. The van der Waals surface area contributed by atoms with Crippen LogP contribution in [0.3, 0.4) is 0 Å². The largest absolute Gasteiger partial charge is 0.272 e. The summed E-state index contributed by atoms with van der Waals surface area (Å²) in [6.07, 6.45) is 3.42. The Bertz CT molecular complexity index is 1270. The third-order valence-corrected chi connectivity index (χ3v) is 6.59. The molecular formula is C23H18Br2N6OS. The molecule has 2 aromatic carbocycles. The number of nitrogens with one attached hydrogen (secondary N) is 1.